The summed E-state index contributed by atoms with van der Waals surface area (Å²) in [5.41, 5.74) is 0. The van der Waals surface area contributed by atoms with Gasteiger partial charge in [0.25, 0.3) is 10.0 Å². The molecule has 2 amide bonds. The molecule has 0 aliphatic rings. The van der Waals surface area contributed by atoms with Gasteiger partial charge in [-0.25, -0.2) is 17.9 Å². The van der Waals surface area contributed by atoms with Crippen LogP contribution in [-0.2, 0) is 10.0 Å². The van der Waals surface area contributed by atoms with Gasteiger partial charge in [-0.15, -0.1) is 12.6 Å². The molecular formula is C12H13N5O4S2. The number of aromatic nitrogens is 3. The van der Waals surface area contributed by atoms with Gasteiger partial charge in [-0.1, -0.05) is 12.1 Å². The van der Waals surface area contributed by atoms with Crippen LogP contribution >= 0.6 is 12.6 Å². The van der Waals surface area contributed by atoms with Crippen molar-refractivity contribution < 1.29 is 17.9 Å². The van der Waals surface area contributed by atoms with Crippen LogP contribution < -0.4 is 14.8 Å². The van der Waals surface area contributed by atoms with E-state index in [1.54, 1.807) is 13.0 Å². The molecule has 0 atom stereocenters. The van der Waals surface area contributed by atoms with Crippen molar-refractivity contribution in [2.75, 3.05) is 12.4 Å². The van der Waals surface area contributed by atoms with Gasteiger partial charge in [-0.2, -0.15) is 15.0 Å². The maximum Gasteiger partial charge on any atom is 0.335 e. The summed E-state index contributed by atoms with van der Waals surface area (Å²) in [5, 5.41) is 2.21. The van der Waals surface area contributed by atoms with E-state index < -0.39 is 16.1 Å². The zero-order chi connectivity index (χ0) is 17.0. The second kappa shape index (κ2) is 6.79. The van der Waals surface area contributed by atoms with E-state index in [1.807, 2.05) is 4.72 Å². The van der Waals surface area contributed by atoms with Gasteiger partial charge in [0.2, 0.25) is 5.95 Å². The van der Waals surface area contributed by atoms with Gasteiger partial charge in [-0.05, 0) is 19.1 Å². The van der Waals surface area contributed by atoms with Crippen LogP contribution in [0, 0.1) is 6.92 Å². The van der Waals surface area contributed by atoms with Gasteiger partial charge in [0.1, 0.15) is 10.7 Å². The van der Waals surface area contributed by atoms with Crippen LogP contribution in [0.25, 0.3) is 0 Å². The van der Waals surface area contributed by atoms with E-state index in [2.05, 4.69) is 32.9 Å². The molecule has 0 saturated heterocycles. The van der Waals surface area contributed by atoms with Gasteiger partial charge < -0.3 is 4.74 Å². The number of benzene rings is 1. The summed E-state index contributed by atoms with van der Waals surface area (Å²) in [6.45, 7) is 1.57. The molecule has 11 heteroatoms. The Bertz CT molecular complexity index is 841. The first-order valence-electron chi connectivity index (χ1n) is 6.20. The molecule has 23 heavy (non-hydrogen) atoms. The van der Waals surface area contributed by atoms with E-state index in [1.165, 1.54) is 25.3 Å². The van der Waals surface area contributed by atoms with Gasteiger partial charge in [-0.3, -0.25) is 5.32 Å². The molecule has 0 bridgehead atoms. The van der Waals surface area contributed by atoms with E-state index in [9.17, 15) is 13.2 Å². The number of thiol groups is 1. The molecule has 2 aromatic rings. The summed E-state index contributed by atoms with van der Waals surface area (Å²) in [4.78, 5) is 23.4. The van der Waals surface area contributed by atoms with Gasteiger partial charge >= 0.3 is 12.0 Å². The van der Waals surface area contributed by atoms with Crippen molar-refractivity contribution in [3.8, 4) is 6.01 Å². The highest BCUT2D eigenvalue weighted by molar-refractivity contribution is 7.91. The first-order valence-corrected chi connectivity index (χ1v) is 8.13. The fourth-order valence-corrected chi connectivity index (χ4v) is 3.12. The van der Waals surface area contributed by atoms with Gasteiger partial charge in [0, 0.05) is 4.90 Å². The Morgan fingerprint density at radius 2 is 1.91 bits per heavy atom. The third-order valence-corrected chi connectivity index (χ3v) is 4.45. The van der Waals surface area contributed by atoms with Crippen molar-refractivity contribution in [2.24, 2.45) is 0 Å². The van der Waals surface area contributed by atoms with Crippen molar-refractivity contribution in [2.45, 2.75) is 16.7 Å². The number of carbonyl (C=O) groups excluding carboxylic acids is 1. The van der Waals surface area contributed by atoms with Crippen LogP contribution in [-0.4, -0.2) is 36.5 Å². The predicted octanol–water partition coefficient (Wildman–Crippen LogP) is 0.988. The predicted molar refractivity (Wildman–Crippen MR) is 84.2 cm³/mol. The number of sulfonamides is 1. The average Bonchev–Trinajstić information content (AvgIpc) is 2.46. The molecular weight excluding hydrogens is 342 g/mol. The number of carbonyl (C=O) groups is 1. The van der Waals surface area contributed by atoms with Crippen molar-refractivity contribution in [3.63, 3.8) is 0 Å². The summed E-state index contributed by atoms with van der Waals surface area (Å²) in [6.07, 6.45) is 0. The number of aryl methyl sites for hydroxylation is 1. The Morgan fingerprint density at radius 1 is 1.22 bits per heavy atom. The van der Waals surface area contributed by atoms with Crippen molar-refractivity contribution in [3.05, 3.63) is 30.1 Å². The molecule has 0 fully saturated rings. The van der Waals surface area contributed by atoms with E-state index in [-0.39, 0.29) is 21.7 Å². The van der Waals surface area contributed by atoms with E-state index in [4.69, 9.17) is 4.74 Å². The van der Waals surface area contributed by atoms with Crippen LogP contribution in [0.2, 0.25) is 0 Å². The summed E-state index contributed by atoms with van der Waals surface area (Å²) >= 11 is 4.05. The van der Waals surface area contributed by atoms with E-state index in [0.29, 0.717) is 5.82 Å². The van der Waals surface area contributed by atoms with E-state index in [0.717, 1.165) is 0 Å². The lowest BCUT2D eigenvalue weighted by Gasteiger charge is -2.09. The summed E-state index contributed by atoms with van der Waals surface area (Å²) < 4.78 is 31.0. The fraction of sp³-hybridized carbons (Fsp3) is 0.167. The Hall–Kier alpha value is -2.40. The number of nitrogens with zero attached hydrogens (tertiary/aromatic N) is 3. The molecule has 0 aliphatic carbocycles. The highest BCUT2D eigenvalue weighted by Crippen LogP contribution is 2.18. The molecule has 9 nitrogen and oxygen atoms in total. The Morgan fingerprint density at radius 3 is 2.57 bits per heavy atom. The lowest BCUT2D eigenvalue weighted by atomic mass is 10.4. The van der Waals surface area contributed by atoms with Crippen LogP contribution in [0.1, 0.15) is 5.82 Å². The molecule has 0 spiro atoms. The highest BCUT2D eigenvalue weighted by atomic mass is 32.2. The molecule has 122 valence electrons. The van der Waals surface area contributed by atoms with Gasteiger partial charge in [0.05, 0.1) is 7.11 Å². The second-order valence-electron chi connectivity index (χ2n) is 4.22. The maximum absolute atomic E-state index is 12.1. The third kappa shape index (κ3) is 4.29. The minimum Gasteiger partial charge on any atom is -0.467 e. The zero-order valence-corrected chi connectivity index (χ0v) is 13.9. The SMILES string of the molecule is COc1nc(C)nc(NC(=O)NS(=O)(=O)c2ccccc2S)n1. The number of methoxy groups -OCH3 is 1. The molecule has 0 radical (unpaired) electrons. The molecule has 1 heterocycles. The minimum atomic E-state index is -4.08. The average molecular weight is 355 g/mol. The summed E-state index contributed by atoms with van der Waals surface area (Å²) in [6, 6.07) is 4.95. The number of urea groups is 1. The Kier molecular flexibility index (Phi) is 5.01. The number of nitrogens with one attached hydrogen (secondary N) is 2. The smallest absolute Gasteiger partial charge is 0.335 e. The minimum absolute atomic E-state index is 0.00337. The van der Waals surface area contributed by atoms with Crippen molar-refractivity contribution in [1.29, 1.82) is 0 Å². The number of amides is 2. The quantitative estimate of drug-likeness (QED) is 0.699. The zero-order valence-electron chi connectivity index (χ0n) is 12.1. The summed E-state index contributed by atoms with van der Waals surface area (Å²) in [5.74, 6) is 0.164. The molecule has 1 aromatic carbocycles. The monoisotopic (exact) mass is 355 g/mol. The van der Waals surface area contributed by atoms with Crippen LogP contribution in [0.3, 0.4) is 0 Å². The number of rotatable bonds is 4. The molecule has 0 aliphatic heterocycles. The van der Waals surface area contributed by atoms with Gasteiger partial charge in [0.15, 0.2) is 0 Å². The number of hydrogen-bond donors (Lipinski definition) is 3. The first-order chi connectivity index (χ1) is 10.8. The van der Waals surface area contributed by atoms with Crippen LogP contribution in [0.4, 0.5) is 10.7 Å². The lowest BCUT2D eigenvalue weighted by Crippen LogP contribution is -2.35. The van der Waals surface area contributed by atoms with Crippen LogP contribution in [0.5, 0.6) is 6.01 Å². The molecule has 2 rings (SSSR count). The Labute approximate surface area is 138 Å². The highest BCUT2D eigenvalue weighted by Gasteiger charge is 2.20. The second-order valence-corrected chi connectivity index (χ2v) is 6.35. The lowest BCUT2D eigenvalue weighted by molar-refractivity contribution is 0.256. The molecule has 2 N–H and O–H groups in total. The largest absolute Gasteiger partial charge is 0.467 e. The molecule has 1 aromatic heterocycles. The Balaban J connectivity index is 2.16. The number of anilines is 1. The van der Waals surface area contributed by atoms with Crippen LogP contribution in [0.15, 0.2) is 34.1 Å². The molecule has 0 unspecified atom stereocenters. The first kappa shape index (κ1) is 17.0. The maximum atomic E-state index is 12.1. The topological polar surface area (TPSA) is 123 Å². The van der Waals surface area contributed by atoms with E-state index >= 15 is 0 Å². The third-order valence-electron chi connectivity index (χ3n) is 2.52. The summed E-state index contributed by atoms with van der Waals surface area (Å²) in [7, 11) is -2.72. The number of ether oxygens (including phenoxy) is 1. The standard InChI is InChI=1S/C12H13N5O4S2/c1-7-13-10(16-12(14-7)21-2)15-11(18)17-23(19,20)9-6-4-3-5-8(9)22/h3-6,22H,1-2H3,(H2,13,14,15,16,17,18). The normalized spacial score (nSPS) is 10.9. The van der Waals surface area contributed by atoms with Crippen molar-refractivity contribution in [1.82, 2.24) is 19.7 Å². The van der Waals surface area contributed by atoms with Crippen molar-refractivity contribution >= 4 is 34.6 Å². The molecule has 0 saturated carbocycles. The number of hydrogen-bond acceptors (Lipinski definition) is 8. The fourth-order valence-electron chi connectivity index (χ4n) is 1.59.